The lowest BCUT2D eigenvalue weighted by atomic mass is 9.76. The Morgan fingerprint density at radius 3 is 1.38 bits per heavy atom. The minimum atomic E-state index is -2.95. The summed E-state index contributed by atoms with van der Waals surface area (Å²) in [7, 11) is -1.19. The van der Waals surface area contributed by atoms with Crippen molar-refractivity contribution in [2.75, 3.05) is 0 Å². The third-order valence-electron chi connectivity index (χ3n) is 8.12. The van der Waals surface area contributed by atoms with E-state index in [1.807, 2.05) is 0 Å². The van der Waals surface area contributed by atoms with Crippen LogP contribution < -0.4 is 5.46 Å². The lowest BCUT2D eigenvalue weighted by Gasteiger charge is -2.32. The molecule has 1 aliphatic heterocycles. The third-order valence-corrected chi connectivity index (χ3v) is 8.12. The number of aryl methyl sites for hydroxylation is 4. The van der Waals surface area contributed by atoms with Crippen molar-refractivity contribution in [1.82, 2.24) is 9.97 Å². The maximum absolute atomic E-state index is 14.5. The molecule has 3 aromatic carbocycles. The molecule has 5 aromatic rings. The average Bonchev–Trinajstić information content (AvgIpc) is 3.34. The Morgan fingerprint density at radius 2 is 1.00 bits per heavy atom. The van der Waals surface area contributed by atoms with Crippen LogP contribution in [0, 0.1) is 23.3 Å². The second-order valence-electron chi connectivity index (χ2n) is 12.0. The van der Waals surface area contributed by atoms with Gasteiger partial charge in [0.05, 0.1) is 22.6 Å². The third kappa shape index (κ3) is 7.31. The summed E-state index contributed by atoms with van der Waals surface area (Å²) in [5.41, 5.74) is -2.98. The molecule has 0 aliphatic carbocycles. The van der Waals surface area contributed by atoms with Gasteiger partial charge in [-0.1, -0.05) is 30.3 Å². The van der Waals surface area contributed by atoms with E-state index in [1.54, 1.807) is 27.7 Å². The highest BCUT2D eigenvalue weighted by Gasteiger charge is 2.51. The van der Waals surface area contributed by atoms with E-state index in [0.717, 1.165) is 30.6 Å². The van der Waals surface area contributed by atoms with Crippen LogP contribution in [0.1, 0.15) is 60.9 Å². The zero-order valence-corrected chi connectivity index (χ0v) is 26.0. The molecule has 0 spiro atoms. The van der Waals surface area contributed by atoms with Gasteiger partial charge in [0, 0.05) is 46.6 Å². The van der Waals surface area contributed by atoms with Crippen LogP contribution in [-0.4, -0.2) is 28.3 Å². The van der Waals surface area contributed by atoms with Gasteiger partial charge in [-0.05, 0) is 117 Å². The van der Waals surface area contributed by atoms with E-state index in [4.69, 9.17) is 20.3 Å². The summed E-state index contributed by atoms with van der Waals surface area (Å²) in [5, 5.41) is 0. The van der Waals surface area contributed by atoms with Crippen molar-refractivity contribution < 1.29 is 37.8 Å². The molecule has 6 rings (SSSR count). The molecule has 240 valence electrons. The highest BCUT2D eigenvalue weighted by Crippen LogP contribution is 2.36. The summed E-state index contributed by atoms with van der Waals surface area (Å²) in [6.07, 6.45) is -9.57. The van der Waals surface area contributed by atoms with Crippen LogP contribution in [0.3, 0.4) is 0 Å². The summed E-state index contributed by atoms with van der Waals surface area (Å²) in [6, 6.07) is 14.3. The first-order chi connectivity index (χ1) is 25.4. The number of rotatable bonds is 9. The smallest absolute Gasteiger partial charge is 0.399 e. The predicted octanol–water partition coefficient (Wildman–Crippen LogP) is 8.24. The monoisotopic (exact) mass is 646 g/mol. The quantitative estimate of drug-likeness (QED) is 0.120. The fraction of sp³-hybridized carbons (Fsp3) is 0.263. The summed E-state index contributed by atoms with van der Waals surface area (Å²) in [4.78, 5) is 8.24. The molecule has 0 N–H and O–H groups in total. The van der Waals surface area contributed by atoms with E-state index in [0.29, 0.717) is 12.1 Å². The topological polar surface area (TPSA) is 44.2 Å². The zero-order chi connectivity index (χ0) is 40.5. The van der Waals surface area contributed by atoms with Crippen molar-refractivity contribution in [3.63, 3.8) is 0 Å². The number of benzene rings is 3. The van der Waals surface area contributed by atoms with Gasteiger partial charge in [-0.25, -0.2) is 17.6 Å². The first kappa shape index (κ1) is 23.9. The number of halogens is 4. The van der Waals surface area contributed by atoms with Crippen molar-refractivity contribution in [2.24, 2.45) is 0 Å². The van der Waals surface area contributed by atoms with Gasteiger partial charge < -0.3 is 9.31 Å². The molecular formula is C38H35BF4N2O2. The molecule has 1 saturated heterocycles. The van der Waals surface area contributed by atoms with Crippen LogP contribution in [-0.2, 0) is 34.8 Å². The number of pyridine rings is 2. The zero-order valence-electron chi connectivity index (χ0n) is 34.0. The summed E-state index contributed by atoms with van der Waals surface area (Å²) in [6.45, 7) is 7.10. The van der Waals surface area contributed by atoms with Crippen LogP contribution >= 0.6 is 0 Å². The standard InChI is InChI=1S/C38H35BF4N2O2/c1-37(2)38(3,4)47-39(46-37)28-18-26(7-5-24-9-15-35(44-22-24)31-13-11-29(40)20-33(31)42)17-27(19-28)8-6-25-10-16-36(45-23-25)32-14-12-30(41)21-34(32)43/h9-23H,5-8H2,1-4H3/i5D2,6D2,7D2,8D2. The van der Waals surface area contributed by atoms with Gasteiger partial charge >= 0.3 is 7.12 Å². The Labute approximate surface area is 284 Å². The maximum Gasteiger partial charge on any atom is 0.494 e. The van der Waals surface area contributed by atoms with Gasteiger partial charge in [-0.2, -0.15) is 0 Å². The molecule has 0 amide bonds. The Morgan fingerprint density at radius 1 is 0.574 bits per heavy atom. The van der Waals surface area contributed by atoms with Crippen LogP contribution in [0.4, 0.5) is 17.6 Å². The van der Waals surface area contributed by atoms with Gasteiger partial charge in [-0.3, -0.25) is 9.97 Å². The molecule has 0 atom stereocenters. The molecule has 2 aromatic heterocycles. The van der Waals surface area contributed by atoms with Gasteiger partial charge in [0.2, 0.25) is 0 Å². The Balaban J connectivity index is 1.42. The molecule has 4 nitrogen and oxygen atoms in total. The van der Waals surface area contributed by atoms with E-state index in [2.05, 4.69) is 9.97 Å². The number of nitrogens with zero attached hydrogens (tertiary/aromatic N) is 2. The van der Waals surface area contributed by atoms with E-state index in [9.17, 15) is 17.6 Å². The summed E-state index contributed by atoms with van der Waals surface area (Å²) in [5.74, 6) is -3.38. The van der Waals surface area contributed by atoms with Gasteiger partial charge in [-0.15, -0.1) is 0 Å². The molecule has 1 fully saturated rings. The van der Waals surface area contributed by atoms with E-state index >= 15 is 0 Å². The molecule has 0 unspecified atom stereocenters. The first-order valence-corrected chi connectivity index (χ1v) is 14.7. The minimum absolute atomic E-state index is 0.0448. The Hall–Kier alpha value is -4.34. The summed E-state index contributed by atoms with van der Waals surface area (Å²) >= 11 is 0. The maximum atomic E-state index is 14.5. The highest BCUT2D eigenvalue weighted by molar-refractivity contribution is 6.62. The lowest BCUT2D eigenvalue weighted by Crippen LogP contribution is -2.41. The molecule has 0 saturated carbocycles. The Bertz CT molecular complexity index is 2110. The van der Waals surface area contributed by atoms with Crippen LogP contribution in [0.15, 0.2) is 91.3 Å². The largest absolute Gasteiger partial charge is 0.494 e. The SMILES string of the molecule is [2H]C([2H])(c1ccc(-c2ccc(F)cc2F)nc1)C([2H])([2H])c1cc(B2OC(C)(C)C(C)(C)O2)cc(C([2H])([2H])C([2H])([2H])c2ccc(-c3ccc(F)cc3F)nc2)c1. The van der Waals surface area contributed by atoms with E-state index < -0.39 is 67.1 Å². The highest BCUT2D eigenvalue weighted by atomic mass is 19.1. The minimum Gasteiger partial charge on any atom is -0.399 e. The van der Waals surface area contributed by atoms with Crippen molar-refractivity contribution in [3.05, 3.63) is 137 Å². The lowest BCUT2D eigenvalue weighted by molar-refractivity contribution is 0.00578. The van der Waals surface area contributed by atoms with E-state index in [-0.39, 0.29) is 50.2 Å². The summed E-state index contributed by atoms with van der Waals surface area (Å²) < 4.78 is 141. The van der Waals surface area contributed by atoms with E-state index in [1.165, 1.54) is 48.5 Å². The van der Waals surface area contributed by atoms with Gasteiger partial charge in [0.25, 0.3) is 0 Å². The predicted molar refractivity (Wildman–Crippen MR) is 176 cm³/mol. The Kier molecular flexibility index (Phi) is 6.64. The van der Waals surface area contributed by atoms with Crippen molar-refractivity contribution >= 4 is 12.6 Å². The fourth-order valence-corrected chi connectivity index (χ4v) is 4.85. The molecule has 1 aliphatic rings. The van der Waals surface area contributed by atoms with Gasteiger partial charge in [0.1, 0.15) is 23.3 Å². The normalized spacial score (nSPS) is 19.0. The molecule has 0 radical (unpaired) electrons. The van der Waals surface area contributed by atoms with Crippen LogP contribution in [0.5, 0.6) is 0 Å². The number of hydrogen-bond donors (Lipinski definition) is 0. The number of aromatic nitrogens is 2. The van der Waals surface area contributed by atoms with Gasteiger partial charge in [0.15, 0.2) is 0 Å². The first-order valence-electron chi connectivity index (χ1n) is 18.7. The second-order valence-corrected chi connectivity index (χ2v) is 12.0. The fourth-order valence-electron chi connectivity index (χ4n) is 4.85. The molecular weight excluding hydrogens is 603 g/mol. The van der Waals surface area contributed by atoms with Crippen LogP contribution in [0.25, 0.3) is 22.5 Å². The van der Waals surface area contributed by atoms with Crippen LogP contribution in [0.2, 0.25) is 0 Å². The molecule has 0 bridgehead atoms. The molecule has 47 heavy (non-hydrogen) atoms. The van der Waals surface area contributed by atoms with Crippen molar-refractivity contribution in [2.45, 2.75) is 64.4 Å². The molecule has 9 heteroatoms. The van der Waals surface area contributed by atoms with Crippen molar-refractivity contribution in [3.8, 4) is 22.5 Å². The molecule has 3 heterocycles. The van der Waals surface area contributed by atoms with Crippen molar-refractivity contribution in [1.29, 1.82) is 0 Å². The second kappa shape index (κ2) is 13.0. The number of hydrogen-bond acceptors (Lipinski definition) is 4. The average molecular weight is 647 g/mol.